The molecule has 7 heteroatoms. The first-order valence-corrected chi connectivity index (χ1v) is 5.87. The minimum atomic E-state index is -4.77. The number of allylic oxidation sites excluding steroid dienone is 4. The van der Waals surface area contributed by atoms with Crippen molar-refractivity contribution in [3.63, 3.8) is 0 Å². The Balaban J connectivity index is 2.47. The Bertz CT molecular complexity index is 528. The Morgan fingerprint density at radius 3 is 2.65 bits per heavy atom. The Morgan fingerprint density at radius 1 is 1.50 bits per heavy atom. The van der Waals surface area contributed by atoms with Crippen molar-refractivity contribution in [3.05, 3.63) is 34.8 Å². The second-order valence-corrected chi connectivity index (χ2v) is 4.64. The lowest BCUT2D eigenvalue weighted by molar-refractivity contribution is -0.204. The van der Waals surface area contributed by atoms with Gasteiger partial charge in [0.2, 0.25) is 6.10 Å². The summed E-state index contributed by atoms with van der Waals surface area (Å²) in [5, 5.41) is 8.94. The molecule has 0 spiro atoms. The summed E-state index contributed by atoms with van der Waals surface area (Å²) in [4.78, 5) is 11.0. The molecule has 0 amide bonds. The third-order valence-corrected chi connectivity index (χ3v) is 3.24. The van der Waals surface area contributed by atoms with E-state index in [0.717, 1.165) is 6.08 Å². The maximum atomic E-state index is 12.9. The molecule has 20 heavy (non-hydrogen) atoms. The van der Waals surface area contributed by atoms with E-state index in [-0.39, 0.29) is 12.2 Å². The molecule has 0 radical (unpaired) electrons. The number of ether oxygens (including phenoxy) is 2. The predicted molar refractivity (Wildman–Crippen MR) is 62.5 cm³/mol. The lowest BCUT2D eigenvalue weighted by atomic mass is 9.87. The van der Waals surface area contributed by atoms with Crippen molar-refractivity contribution < 1.29 is 32.5 Å². The highest BCUT2D eigenvalue weighted by molar-refractivity contribution is 5.88. The second kappa shape index (κ2) is 4.88. The van der Waals surface area contributed by atoms with E-state index in [9.17, 15) is 18.0 Å². The van der Waals surface area contributed by atoms with Gasteiger partial charge in [-0.1, -0.05) is 6.08 Å². The summed E-state index contributed by atoms with van der Waals surface area (Å²) in [5.74, 6) is -1.44. The first-order valence-electron chi connectivity index (χ1n) is 5.87. The predicted octanol–water partition coefficient (Wildman–Crippen LogP) is 2.78. The number of alkyl halides is 3. The van der Waals surface area contributed by atoms with Gasteiger partial charge >= 0.3 is 12.1 Å². The van der Waals surface area contributed by atoms with Gasteiger partial charge in [-0.05, 0) is 18.6 Å². The molecular weight excluding hydrogens is 277 g/mol. The Hall–Kier alpha value is -1.92. The molecule has 0 fully saturated rings. The summed E-state index contributed by atoms with van der Waals surface area (Å²) in [5.41, 5.74) is -0.274. The van der Waals surface area contributed by atoms with Crippen LogP contribution in [0.15, 0.2) is 34.8 Å². The number of carboxylic acids is 1. The number of rotatable bonds is 2. The molecule has 2 aliphatic rings. The minimum Gasteiger partial charge on any atom is -0.501 e. The van der Waals surface area contributed by atoms with Crippen molar-refractivity contribution >= 4 is 5.97 Å². The van der Waals surface area contributed by atoms with Crippen molar-refractivity contribution in [2.24, 2.45) is 5.92 Å². The maximum absolute atomic E-state index is 12.9. The van der Waals surface area contributed by atoms with Crippen LogP contribution in [0.25, 0.3) is 0 Å². The van der Waals surface area contributed by atoms with Crippen LogP contribution >= 0.6 is 0 Å². The molecule has 1 aliphatic heterocycles. The quantitative estimate of drug-likeness (QED) is 0.849. The van der Waals surface area contributed by atoms with Crippen molar-refractivity contribution in [2.75, 3.05) is 7.11 Å². The fraction of sp³-hybridized carbons (Fsp3) is 0.462. The Kier molecular flexibility index (Phi) is 3.54. The van der Waals surface area contributed by atoms with Gasteiger partial charge in [0.05, 0.1) is 18.4 Å². The highest BCUT2D eigenvalue weighted by Gasteiger charge is 2.50. The molecule has 0 aromatic rings. The SMILES string of the molecule is COC1=CC(C)=C2OC(C(F)(F)F)C(C(=O)O)=CC2C1. The summed E-state index contributed by atoms with van der Waals surface area (Å²) in [6, 6.07) is 0. The van der Waals surface area contributed by atoms with Crippen LogP contribution in [0.4, 0.5) is 13.2 Å². The molecule has 2 rings (SSSR count). The molecule has 0 saturated heterocycles. The summed E-state index contributed by atoms with van der Waals surface area (Å²) in [7, 11) is 1.45. The molecule has 2 atom stereocenters. The van der Waals surface area contributed by atoms with Crippen LogP contribution in [0.2, 0.25) is 0 Å². The van der Waals surface area contributed by atoms with Crippen molar-refractivity contribution in [1.82, 2.24) is 0 Å². The molecule has 1 heterocycles. The van der Waals surface area contributed by atoms with Gasteiger partial charge in [0.1, 0.15) is 5.76 Å². The zero-order valence-electron chi connectivity index (χ0n) is 10.8. The lowest BCUT2D eigenvalue weighted by Crippen LogP contribution is -2.40. The van der Waals surface area contributed by atoms with Gasteiger partial charge in [-0.25, -0.2) is 4.79 Å². The zero-order valence-corrected chi connectivity index (χ0v) is 10.8. The fourth-order valence-electron chi connectivity index (χ4n) is 2.35. The van der Waals surface area contributed by atoms with Crippen LogP contribution < -0.4 is 0 Å². The monoisotopic (exact) mass is 290 g/mol. The van der Waals surface area contributed by atoms with E-state index in [4.69, 9.17) is 14.6 Å². The lowest BCUT2D eigenvalue weighted by Gasteiger charge is -2.34. The zero-order chi connectivity index (χ0) is 15.1. The van der Waals surface area contributed by atoms with Crippen molar-refractivity contribution in [1.29, 1.82) is 0 Å². The number of aliphatic carboxylic acids is 1. The summed E-state index contributed by atoms with van der Waals surface area (Å²) >= 11 is 0. The molecule has 2 unspecified atom stereocenters. The van der Waals surface area contributed by atoms with Crippen LogP contribution in [0, 0.1) is 5.92 Å². The fourth-order valence-corrected chi connectivity index (χ4v) is 2.35. The molecular formula is C13H13F3O4. The number of carbonyl (C=O) groups is 1. The summed E-state index contributed by atoms with van der Waals surface area (Å²) < 4.78 is 48.7. The van der Waals surface area contributed by atoms with Crippen LogP contribution in [-0.2, 0) is 14.3 Å². The van der Waals surface area contributed by atoms with E-state index >= 15 is 0 Å². The smallest absolute Gasteiger partial charge is 0.429 e. The molecule has 4 nitrogen and oxygen atoms in total. The van der Waals surface area contributed by atoms with E-state index in [1.54, 1.807) is 13.0 Å². The number of methoxy groups -OCH3 is 1. The second-order valence-electron chi connectivity index (χ2n) is 4.64. The van der Waals surface area contributed by atoms with Gasteiger partial charge in [-0.2, -0.15) is 13.2 Å². The van der Waals surface area contributed by atoms with Gasteiger partial charge in [0, 0.05) is 12.3 Å². The molecule has 1 N–H and O–H groups in total. The standard InChI is InChI=1S/C13H13F3O4/c1-6-3-8(19-2)4-7-5-9(12(17)18)11(13(14,15)16)20-10(6)7/h3,5,7,11H,4H2,1-2H3,(H,17,18). The average Bonchev–Trinajstić information content (AvgIpc) is 2.35. The third kappa shape index (κ3) is 2.52. The number of hydrogen-bond acceptors (Lipinski definition) is 3. The highest BCUT2D eigenvalue weighted by Crippen LogP contribution is 2.42. The molecule has 110 valence electrons. The molecule has 0 aromatic heterocycles. The normalized spacial score (nSPS) is 26.2. The number of fused-ring (bicyclic) bond motifs is 1. The van der Waals surface area contributed by atoms with Crippen LogP contribution in [0.1, 0.15) is 13.3 Å². The molecule has 0 saturated carbocycles. The molecule has 0 bridgehead atoms. The minimum absolute atomic E-state index is 0.151. The molecule has 1 aliphatic carbocycles. The van der Waals surface area contributed by atoms with E-state index in [2.05, 4.69) is 0 Å². The third-order valence-electron chi connectivity index (χ3n) is 3.24. The van der Waals surface area contributed by atoms with Gasteiger partial charge < -0.3 is 14.6 Å². The van der Waals surface area contributed by atoms with Gasteiger partial charge in [-0.15, -0.1) is 0 Å². The maximum Gasteiger partial charge on any atom is 0.429 e. The number of carboxylic acid groups (broad SMARTS) is 1. The molecule has 0 aromatic carbocycles. The van der Waals surface area contributed by atoms with E-state index < -0.39 is 29.7 Å². The average molecular weight is 290 g/mol. The highest BCUT2D eigenvalue weighted by atomic mass is 19.4. The van der Waals surface area contributed by atoms with E-state index in [0.29, 0.717) is 11.3 Å². The first kappa shape index (κ1) is 14.5. The van der Waals surface area contributed by atoms with Crippen molar-refractivity contribution in [3.8, 4) is 0 Å². The summed E-state index contributed by atoms with van der Waals surface area (Å²) in [6.45, 7) is 1.60. The van der Waals surface area contributed by atoms with E-state index in [1.807, 2.05) is 0 Å². The topological polar surface area (TPSA) is 55.8 Å². The number of hydrogen-bond donors (Lipinski definition) is 1. The number of halogens is 3. The first-order chi connectivity index (χ1) is 9.24. The largest absolute Gasteiger partial charge is 0.501 e. The van der Waals surface area contributed by atoms with Crippen molar-refractivity contribution in [2.45, 2.75) is 25.6 Å². The Labute approximate surface area is 113 Å². The van der Waals surface area contributed by atoms with Crippen LogP contribution in [-0.4, -0.2) is 30.5 Å². The van der Waals surface area contributed by atoms with Crippen LogP contribution in [0.5, 0.6) is 0 Å². The summed E-state index contributed by atoms with van der Waals surface area (Å²) in [6.07, 6.45) is -4.22. The van der Waals surface area contributed by atoms with Gasteiger partial charge in [0.15, 0.2) is 0 Å². The van der Waals surface area contributed by atoms with E-state index in [1.165, 1.54) is 7.11 Å². The van der Waals surface area contributed by atoms with Crippen LogP contribution in [0.3, 0.4) is 0 Å². The van der Waals surface area contributed by atoms with Gasteiger partial charge in [0.25, 0.3) is 0 Å². The Morgan fingerprint density at radius 2 is 2.15 bits per heavy atom. The van der Waals surface area contributed by atoms with Gasteiger partial charge in [-0.3, -0.25) is 0 Å².